The van der Waals surface area contributed by atoms with E-state index in [1.807, 2.05) is 0 Å². The van der Waals surface area contributed by atoms with Gasteiger partial charge in [-0.05, 0) is 67.8 Å². The third kappa shape index (κ3) is 8.45. The largest absolute Gasteiger partial charge is 0.460 e. The van der Waals surface area contributed by atoms with Crippen molar-refractivity contribution in [3.05, 3.63) is 35.4 Å². The molecule has 0 radical (unpaired) electrons. The molecule has 0 bridgehead atoms. The van der Waals surface area contributed by atoms with Crippen molar-refractivity contribution in [1.29, 1.82) is 0 Å². The van der Waals surface area contributed by atoms with Gasteiger partial charge in [-0.15, -0.1) is 0 Å². The molecule has 0 spiro atoms. The second-order valence-corrected chi connectivity index (χ2v) is 14.5. The molecule has 0 atom stereocenters. The van der Waals surface area contributed by atoms with E-state index in [2.05, 4.69) is 6.92 Å². The van der Waals surface area contributed by atoms with Crippen LogP contribution in [0.2, 0.25) is 0 Å². The molecule has 1 aromatic rings. The van der Waals surface area contributed by atoms with Crippen LogP contribution in [0.15, 0.2) is 24.3 Å². The number of unbranched alkanes of at least 4 members (excludes halogenated alkanes) is 3. The molecular weight excluding hydrogens is 759 g/mol. The van der Waals surface area contributed by atoms with Crippen molar-refractivity contribution in [2.45, 2.75) is 151 Å². The standard InChI is InChI=1S/C35H41F17O/c1-2-3-4-5-6-21-9-15-24(16-10-21)25-17-11-22(12-18-25)7-8-23-13-19-26(20-14-23)27(53)28(36,37)29(38,39)30(40,41)31(42,43)32(44,45)33(46,47)34(48,49)35(50,51)52/h13-14,19-22,24-25H,2-12,15-18H2,1H3/t21-,22?,24-,25?. The topological polar surface area (TPSA) is 17.1 Å². The minimum Gasteiger partial charge on any atom is -0.287 e. The monoisotopic (exact) mass is 800 g/mol. The third-order valence-electron chi connectivity index (χ3n) is 11.0. The van der Waals surface area contributed by atoms with E-state index < -0.39 is 59.0 Å². The zero-order valence-electron chi connectivity index (χ0n) is 28.6. The quantitative estimate of drug-likeness (QED) is 0.0871. The molecule has 2 fully saturated rings. The Hall–Kier alpha value is -2.30. The van der Waals surface area contributed by atoms with E-state index in [1.54, 1.807) is 0 Å². The van der Waals surface area contributed by atoms with Crippen LogP contribution in [-0.2, 0) is 6.42 Å². The molecule has 0 unspecified atom stereocenters. The van der Waals surface area contributed by atoms with Crippen LogP contribution < -0.4 is 0 Å². The summed E-state index contributed by atoms with van der Waals surface area (Å²) in [6.07, 6.45) is 8.02. The molecule has 3 rings (SSSR count). The fourth-order valence-electron chi connectivity index (χ4n) is 7.44. The molecule has 0 amide bonds. The van der Waals surface area contributed by atoms with Crippen LogP contribution in [0.25, 0.3) is 0 Å². The van der Waals surface area contributed by atoms with Crippen molar-refractivity contribution in [2.75, 3.05) is 0 Å². The Bertz CT molecular complexity index is 1340. The highest BCUT2D eigenvalue weighted by molar-refractivity contribution is 6.02. The Morgan fingerprint density at radius 3 is 1.32 bits per heavy atom. The van der Waals surface area contributed by atoms with Crippen molar-refractivity contribution in [3.63, 3.8) is 0 Å². The van der Waals surface area contributed by atoms with Gasteiger partial charge >= 0.3 is 47.6 Å². The van der Waals surface area contributed by atoms with Crippen LogP contribution in [0.4, 0.5) is 74.6 Å². The summed E-state index contributed by atoms with van der Waals surface area (Å²) >= 11 is 0. The zero-order chi connectivity index (χ0) is 40.5. The summed E-state index contributed by atoms with van der Waals surface area (Å²) in [5.74, 6) is -59.0. The average molecular weight is 801 g/mol. The van der Waals surface area contributed by atoms with Gasteiger partial charge in [0.05, 0.1) is 0 Å². The Morgan fingerprint density at radius 2 is 0.906 bits per heavy atom. The van der Waals surface area contributed by atoms with Gasteiger partial charge in [0, 0.05) is 5.56 Å². The number of carbonyl (C=O) groups is 1. The number of carbonyl (C=O) groups excluding carboxylic acids is 1. The van der Waals surface area contributed by atoms with Crippen molar-refractivity contribution in [1.82, 2.24) is 0 Å². The van der Waals surface area contributed by atoms with E-state index in [-0.39, 0.29) is 12.3 Å². The minimum absolute atomic E-state index is 0.274. The van der Waals surface area contributed by atoms with E-state index in [9.17, 15) is 79.4 Å². The molecule has 0 heterocycles. The number of Topliss-reactive ketones (excluding diaryl/α,β-unsaturated/α-hetero) is 1. The molecular formula is C35H41F17O. The molecule has 306 valence electrons. The number of rotatable bonds is 17. The molecule has 2 aliphatic carbocycles. The number of hydrogen-bond acceptors (Lipinski definition) is 1. The van der Waals surface area contributed by atoms with Crippen molar-refractivity contribution in [2.24, 2.45) is 23.7 Å². The van der Waals surface area contributed by atoms with Crippen LogP contribution in [0.5, 0.6) is 0 Å². The number of halogens is 17. The summed E-state index contributed by atoms with van der Waals surface area (Å²) in [6.45, 7) is 2.18. The highest BCUT2D eigenvalue weighted by Crippen LogP contribution is 2.64. The molecule has 18 heteroatoms. The lowest BCUT2D eigenvalue weighted by Crippen LogP contribution is -2.75. The summed E-state index contributed by atoms with van der Waals surface area (Å²) in [5, 5.41) is 0. The summed E-state index contributed by atoms with van der Waals surface area (Å²) < 4.78 is 231. The van der Waals surface area contributed by atoms with Gasteiger partial charge < -0.3 is 0 Å². The predicted molar refractivity (Wildman–Crippen MR) is 159 cm³/mol. The van der Waals surface area contributed by atoms with E-state index in [0.717, 1.165) is 43.7 Å². The second-order valence-electron chi connectivity index (χ2n) is 14.5. The number of ketones is 1. The first-order chi connectivity index (χ1) is 24.1. The van der Waals surface area contributed by atoms with Crippen LogP contribution in [0.3, 0.4) is 0 Å². The number of aryl methyl sites for hydroxylation is 1. The van der Waals surface area contributed by atoms with E-state index >= 15 is 0 Å². The van der Waals surface area contributed by atoms with E-state index in [4.69, 9.17) is 0 Å². The van der Waals surface area contributed by atoms with Gasteiger partial charge in [-0.3, -0.25) is 4.79 Å². The summed E-state index contributed by atoms with van der Waals surface area (Å²) in [7, 11) is 0. The zero-order valence-corrected chi connectivity index (χ0v) is 28.6. The molecule has 53 heavy (non-hydrogen) atoms. The first-order valence-electron chi connectivity index (χ1n) is 17.5. The Labute approximate surface area is 295 Å². The van der Waals surface area contributed by atoms with Gasteiger partial charge in [0.15, 0.2) is 0 Å². The van der Waals surface area contributed by atoms with Gasteiger partial charge in [-0.2, -0.15) is 74.6 Å². The molecule has 0 aliphatic heterocycles. The van der Waals surface area contributed by atoms with Crippen LogP contribution in [0, 0.1) is 23.7 Å². The summed E-state index contributed by atoms with van der Waals surface area (Å²) in [6, 6.07) is 2.69. The summed E-state index contributed by atoms with van der Waals surface area (Å²) in [5.41, 5.74) is -1.20. The fraction of sp³-hybridized carbons (Fsp3) is 0.800. The molecule has 0 aromatic heterocycles. The maximum absolute atomic E-state index is 14.5. The molecule has 0 N–H and O–H groups in total. The highest BCUT2D eigenvalue weighted by atomic mass is 19.4. The van der Waals surface area contributed by atoms with Crippen molar-refractivity contribution in [3.8, 4) is 0 Å². The Morgan fingerprint density at radius 1 is 0.509 bits per heavy atom. The fourth-order valence-corrected chi connectivity index (χ4v) is 7.44. The smallest absolute Gasteiger partial charge is 0.287 e. The summed E-state index contributed by atoms with van der Waals surface area (Å²) in [4.78, 5) is 12.2. The molecule has 2 aliphatic rings. The molecule has 2 saturated carbocycles. The van der Waals surface area contributed by atoms with E-state index in [1.165, 1.54) is 57.8 Å². The van der Waals surface area contributed by atoms with E-state index in [0.29, 0.717) is 36.0 Å². The Kier molecular flexibility index (Phi) is 13.7. The number of benzene rings is 1. The van der Waals surface area contributed by atoms with Crippen LogP contribution in [0.1, 0.15) is 113 Å². The van der Waals surface area contributed by atoms with Crippen molar-refractivity contribution >= 4 is 5.78 Å². The first-order valence-corrected chi connectivity index (χ1v) is 17.5. The minimum atomic E-state index is -8.74. The number of alkyl halides is 17. The Balaban J connectivity index is 1.61. The second kappa shape index (κ2) is 16.0. The van der Waals surface area contributed by atoms with Gasteiger partial charge in [0.2, 0.25) is 5.78 Å². The van der Waals surface area contributed by atoms with Crippen LogP contribution in [-0.4, -0.2) is 53.4 Å². The lowest BCUT2D eigenvalue weighted by Gasteiger charge is -2.42. The maximum atomic E-state index is 14.5. The van der Waals surface area contributed by atoms with Crippen LogP contribution >= 0.6 is 0 Å². The van der Waals surface area contributed by atoms with Crippen molar-refractivity contribution < 1.29 is 79.4 Å². The number of hydrogen-bond donors (Lipinski definition) is 0. The first kappa shape index (κ1) is 45.1. The van der Waals surface area contributed by atoms with Gasteiger partial charge in [-0.1, -0.05) is 89.0 Å². The SMILES string of the molecule is CCCCCC[C@H]1CC[C@H](C2CCC(CCc3ccc(C(=O)C(F)(F)C(F)(F)C(F)(F)C(F)(F)C(F)(F)C(F)(F)C(F)(F)C(F)(F)F)cc3)CC2)CC1. The third-order valence-corrected chi connectivity index (χ3v) is 11.0. The van der Waals surface area contributed by atoms with Gasteiger partial charge in [0.25, 0.3) is 0 Å². The van der Waals surface area contributed by atoms with Gasteiger partial charge in [-0.25, -0.2) is 0 Å². The molecule has 1 aromatic carbocycles. The predicted octanol–water partition coefficient (Wildman–Crippen LogP) is 13.4. The molecule has 0 saturated heterocycles. The molecule has 1 nitrogen and oxygen atoms in total. The average Bonchev–Trinajstić information content (AvgIpc) is 3.08. The maximum Gasteiger partial charge on any atom is 0.460 e. The lowest BCUT2D eigenvalue weighted by molar-refractivity contribution is -0.459. The highest BCUT2D eigenvalue weighted by Gasteiger charge is 2.95. The normalized spacial score (nSPS) is 23.3. The lowest BCUT2D eigenvalue weighted by atomic mass is 9.68. The van der Waals surface area contributed by atoms with Gasteiger partial charge in [0.1, 0.15) is 0 Å².